The molecule has 0 spiro atoms. The van der Waals surface area contributed by atoms with Crippen LogP contribution in [-0.2, 0) is 0 Å². The summed E-state index contributed by atoms with van der Waals surface area (Å²) in [6, 6.07) is 0. The molecule has 0 N–H and O–H groups in total. The highest BCUT2D eigenvalue weighted by Gasteiger charge is 1.84. The van der Waals surface area contributed by atoms with E-state index in [1.165, 1.54) is 0 Å². The van der Waals surface area contributed by atoms with E-state index in [0.717, 1.165) is 10.2 Å². The zero-order valence-corrected chi connectivity index (χ0v) is 5.23. The molecule has 0 aromatic carbocycles. The number of carbonyl (C=O) groups is 1. The fraction of sp³-hybridized carbons (Fsp3) is 0. The number of carbonyl (C=O) groups excluding carboxylic acids is 1. The Morgan fingerprint density at radius 3 is 2.20 bits per heavy atom. The van der Waals surface area contributed by atoms with Gasteiger partial charge in [0.1, 0.15) is 0 Å². The van der Waals surface area contributed by atoms with Gasteiger partial charge in [-0.3, -0.25) is 4.79 Å². The molecular formula is CBrClOS. The van der Waals surface area contributed by atoms with Crippen LogP contribution in [0.5, 0.6) is 0 Å². The molecule has 0 saturated heterocycles. The summed E-state index contributed by atoms with van der Waals surface area (Å²) in [5, 5.41) is 0. The first-order valence-corrected chi connectivity index (χ1v) is 3.79. The van der Waals surface area contributed by atoms with Crippen molar-refractivity contribution in [1.82, 2.24) is 0 Å². The highest BCUT2D eigenvalue weighted by Crippen LogP contribution is 2.13. The SMILES string of the molecule is O=C(Cl)SBr. The fourth-order valence-corrected chi connectivity index (χ4v) is 0. The van der Waals surface area contributed by atoms with Crippen LogP contribution < -0.4 is 0 Å². The van der Waals surface area contributed by atoms with Crippen molar-refractivity contribution in [3.05, 3.63) is 0 Å². The lowest BCUT2D eigenvalue weighted by Gasteiger charge is -1.65. The van der Waals surface area contributed by atoms with Crippen molar-refractivity contribution in [3.8, 4) is 0 Å². The number of halogens is 2. The summed E-state index contributed by atoms with van der Waals surface area (Å²) >= 11 is 7.49. The molecule has 0 saturated carbocycles. The standard InChI is InChI=1S/CBrClOS/c2-5-1(3)4. The molecule has 30 valence electrons. The second kappa shape index (κ2) is 3.00. The quantitative estimate of drug-likeness (QED) is 0.526. The van der Waals surface area contributed by atoms with E-state index in [1.54, 1.807) is 0 Å². The molecule has 0 bridgehead atoms. The second-order valence-electron chi connectivity index (χ2n) is 0.315. The van der Waals surface area contributed by atoms with Crippen LogP contribution in [0.25, 0.3) is 0 Å². The van der Waals surface area contributed by atoms with Gasteiger partial charge in [-0.05, 0) is 26.4 Å². The van der Waals surface area contributed by atoms with Gasteiger partial charge in [-0.15, -0.1) is 0 Å². The summed E-state index contributed by atoms with van der Waals surface area (Å²) in [5.74, 6) is 0. The molecule has 0 fully saturated rings. The summed E-state index contributed by atoms with van der Waals surface area (Å²) in [4.78, 5) is 9.49. The van der Waals surface area contributed by atoms with Crippen LogP contribution in [0.4, 0.5) is 4.79 Å². The summed E-state index contributed by atoms with van der Waals surface area (Å²) in [7, 11) is 0.819. The van der Waals surface area contributed by atoms with Crippen LogP contribution in [0.2, 0.25) is 0 Å². The topological polar surface area (TPSA) is 17.1 Å². The highest BCUT2D eigenvalue weighted by molar-refractivity contribution is 9.52. The lowest BCUT2D eigenvalue weighted by molar-refractivity contribution is 0.276. The zero-order valence-electron chi connectivity index (χ0n) is 2.07. The van der Waals surface area contributed by atoms with E-state index in [2.05, 4.69) is 14.8 Å². The van der Waals surface area contributed by atoms with E-state index in [4.69, 9.17) is 11.6 Å². The molecule has 0 aromatic heterocycles. The largest absolute Gasteiger partial charge is 0.290 e. The lowest BCUT2D eigenvalue weighted by Crippen LogP contribution is -1.54. The molecule has 0 aliphatic heterocycles. The molecule has 0 aliphatic rings. The molecule has 4 heteroatoms. The molecule has 0 aromatic rings. The van der Waals surface area contributed by atoms with Crippen LogP contribution >= 0.6 is 36.6 Å². The van der Waals surface area contributed by atoms with Crippen molar-refractivity contribution in [2.45, 2.75) is 0 Å². The molecular weight excluding hydrogens is 175 g/mol. The summed E-state index contributed by atoms with van der Waals surface area (Å²) in [6.45, 7) is 0. The maximum absolute atomic E-state index is 9.49. The van der Waals surface area contributed by atoms with Crippen LogP contribution in [0.3, 0.4) is 0 Å². The molecule has 0 rings (SSSR count). The third-order valence-electron chi connectivity index (χ3n) is 0.0607. The monoisotopic (exact) mass is 174 g/mol. The van der Waals surface area contributed by atoms with Crippen LogP contribution in [0.15, 0.2) is 0 Å². The Balaban J connectivity index is 2.85. The van der Waals surface area contributed by atoms with Gasteiger partial charge in [0, 0.05) is 10.2 Å². The Labute approximate surface area is 46.3 Å². The van der Waals surface area contributed by atoms with Crippen LogP contribution in [0.1, 0.15) is 0 Å². The Morgan fingerprint density at radius 2 is 2.20 bits per heavy atom. The molecule has 0 unspecified atom stereocenters. The van der Waals surface area contributed by atoms with E-state index in [0.29, 0.717) is 0 Å². The minimum Gasteiger partial charge on any atom is -0.267 e. The normalized spacial score (nSPS) is 7.60. The smallest absolute Gasteiger partial charge is 0.267 e. The fourth-order valence-electron chi connectivity index (χ4n) is 0. The average Bonchev–Trinajstić information content (AvgIpc) is 1.38. The Kier molecular flexibility index (Phi) is 3.47. The van der Waals surface area contributed by atoms with Gasteiger partial charge < -0.3 is 0 Å². The summed E-state index contributed by atoms with van der Waals surface area (Å²) in [5.41, 5.74) is 0. The van der Waals surface area contributed by atoms with Crippen molar-refractivity contribution in [2.75, 3.05) is 0 Å². The summed E-state index contributed by atoms with van der Waals surface area (Å²) in [6.07, 6.45) is 0. The third kappa shape index (κ3) is 4.79. The molecule has 0 radical (unpaired) electrons. The summed E-state index contributed by atoms with van der Waals surface area (Å²) < 4.78 is -0.440. The molecule has 0 atom stereocenters. The van der Waals surface area contributed by atoms with Crippen molar-refractivity contribution in [1.29, 1.82) is 0 Å². The third-order valence-corrected chi connectivity index (χ3v) is 1.85. The van der Waals surface area contributed by atoms with Gasteiger partial charge in [0.2, 0.25) is 0 Å². The van der Waals surface area contributed by atoms with Gasteiger partial charge in [0.15, 0.2) is 0 Å². The second-order valence-corrected chi connectivity index (χ2v) is 2.38. The zero-order chi connectivity index (χ0) is 4.28. The first-order chi connectivity index (χ1) is 2.27. The Hall–Kier alpha value is 0.790. The van der Waals surface area contributed by atoms with E-state index < -0.39 is 4.57 Å². The van der Waals surface area contributed by atoms with Gasteiger partial charge in [-0.1, -0.05) is 0 Å². The predicted octanol–water partition coefficient (Wildman–Crippen LogP) is 2.39. The van der Waals surface area contributed by atoms with Crippen LogP contribution in [-0.4, -0.2) is 4.57 Å². The molecule has 0 heterocycles. The van der Waals surface area contributed by atoms with Crippen molar-refractivity contribution >= 4 is 41.2 Å². The Morgan fingerprint density at radius 1 is 2.00 bits per heavy atom. The van der Waals surface area contributed by atoms with Gasteiger partial charge in [-0.2, -0.15) is 0 Å². The van der Waals surface area contributed by atoms with E-state index in [1.807, 2.05) is 0 Å². The van der Waals surface area contributed by atoms with Crippen molar-refractivity contribution in [2.24, 2.45) is 0 Å². The maximum Gasteiger partial charge on any atom is 0.290 e. The highest BCUT2D eigenvalue weighted by atomic mass is 79.9. The van der Waals surface area contributed by atoms with Gasteiger partial charge in [0.05, 0.1) is 0 Å². The Bertz CT molecular complexity index is 46.9. The number of hydrogen-bond donors (Lipinski definition) is 0. The van der Waals surface area contributed by atoms with E-state index in [9.17, 15) is 4.79 Å². The van der Waals surface area contributed by atoms with Gasteiger partial charge in [0.25, 0.3) is 4.57 Å². The number of rotatable bonds is 0. The van der Waals surface area contributed by atoms with E-state index in [-0.39, 0.29) is 0 Å². The molecule has 0 aliphatic carbocycles. The first-order valence-electron chi connectivity index (χ1n) is 0.752. The van der Waals surface area contributed by atoms with Gasteiger partial charge >= 0.3 is 0 Å². The first kappa shape index (κ1) is 5.79. The van der Waals surface area contributed by atoms with E-state index >= 15 is 0 Å². The minimum atomic E-state index is -0.440. The average molecular weight is 175 g/mol. The predicted molar refractivity (Wildman–Crippen MR) is 27.8 cm³/mol. The molecule has 0 amide bonds. The minimum absolute atomic E-state index is 0.440. The molecule has 5 heavy (non-hydrogen) atoms. The van der Waals surface area contributed by atoms with Crippen molar-refractivity contribution < 1.29 is 4.79 Å². The van der Waals surface area contributed by atoms with Crippen molar-refractivity contribution in [3.63, 3.8) is 0 Å². The van der Waals surface area contributed by atoms with Crippen LogP contribution in [0, 0.1) is 0 Å². The molecule has 1 nitrogen and oxygen atoms in total. The lowest BCUT2D eigenvalue weighted by atomic mass is 11.8. The number of hydrogen-bond acceptors (Lipinski definition) is 2. The maximum atomic E-state index is 9.49. The van der Waals surface area contributed by atoms with Gasteiger partial charge in [-0.25, -0.2) is 0 Å².